The zero-order chi connectivity index (χ0) is 23.6. The van der Waals surface area contributed by atoms with Crippen LogP contribution in [0.3, 0.4) is 0 Å². The molecular weight excluding hydrogens is 432 g/mol. The molecule has 4 rings (SSSR count). The summed E-state index contributed by atoms with van der Waals surface area (Å²) in [5.74, 6) is 2.78. The minimum Gasteiger partial charge on any atom is -0.368 e. The van der Waals surface area contributed by atoms with Crippen LogP contribution < -0.4 is 16.0 Å². The second-order valence-electron chi connectivity index (χ2n) is 8.32. The van der Waals surface area contributed by atoms with E-state index < -0.39 is 0 Å². The van der Waals surface area contributed by atoms with E-state index in [1.54, 1.807) is 18.0 Å². The first-order chi connectivity index (χ1) is 16.0. The van der Waals surface area contributed by atoms with Crippen molar-refractivity contribution in [1.29, 1.82) is 0 Å². The SMILES string of the molecule is CCSc1ncccc1C(=O)NCC1CCCCC1.CN(C)c1nc(N)nc2ccccc12. The van der Waals surface area contributed by atoms with Crippen LogP contribution in [0.4, 0.5) is 11.8 Å². The van der Waals surface area contributed by atoms with Crippen LogP contribution in [0.2, 0.25) is 0 Å². The number of nitrogen functional groups attached to an aromatic ring is 1. The van der Waals surface area contributed by atoms with E-state index >= 15 is 0 Å². The summed E-state index contributed by atoms with van der Waals surface area (Å²) in [6, 6.07) is 11.5. The quantitative estimate of drug-likeness (QED) is 0.505. The summed E-state index contributed by atoms with van der Waals surface area (Å²) in [7, 11) is 3.88. The minimum atomic E-state index is 0.0228. The van der Waals surface area contributed by atoms with Gasteiger partial charge in [-0.2, -0.15) is 4.98 Å². The molecular formula is C25H34N6OS. The molecule has 1 amide bonds. The molecule has 8 heteroatoms. The van der Waals surface area contributed by atoms with E-state index in [4.69, 9.17) is 5.73 Å². The Morgan fingerprint density at radius 3 is 2.61 bits per heavy atom. The van der Waals surface area contributed by atoms with Crippen LogP contribution in [-0.2, 0) is 0 Å². The zero-order valence-corrected chi connectivity index (χ0v) is 20.6. The fraction of sp³-hybridized carbons (Fsp3) is 0.440. The van der Waals surface area contributed by atoms with Crippen LogP contribution in [0.1, 0.15) is 49.4 Å². The topological polar surface area (TPSA) is 97.0 Å². The van der Waals surface area contributed by atoms with Gasteiger partial charge in [-0.05, 0) is 48.8 Å². The average molecular weight is 467 g/mol. The van der Waals surface area contributed by atoms with Gasteiger partial charge in [-0.1, -0.05) is 38.3 Å². The van der Waals surface area contributed by atoms with E-state index in [2.05, 4.69) is 27.2 Å². The Labute approximate surface area is 200 Å². The summed E-state index contributed by atoms with van der Waals surface area (Å²) in [4.78, 5) is 26.8. The highest BCUT2D eigenvalue weighted by atomic mass is 32.2. The van der Waals surface area contributed by atoms with Crippen molar-refractivity contribution in [3.63, 3.8) is 0 Å². The number of nitrogens with two attached hydrogens (primary N) is 1. The third kappa shape index (κ3) is 7.05. The summed E-state index contributed by atoms with van der Waals surface area (Å²) in [5.41, 5.74) is 7.21. The Bertz CT molecular complexity index is 1050. The van der Waals surface area contributed by atoms with Gasteiger partial charge >= 0.3 is 0 Å². The molecule has 3 aromatic rings. The van der Waals surface area contributed by atoms with Gasteiger partial charge in [0.25, 0.3) is 5.91 Å². The lowest BCUT2D eigenvalue weighted by Crippen LogP contribution is -2.30. The Kier molecular flexibility index (Phi) is 9.30. The smallest absolute Gasteiger partial charge is 0.254 e. The minimum absolute atomic E-state index is 0.0228. The van der Waals surface area contributed by atoms with Gasteiger partial charge in [0.15, 0.2) is 0 Å². The summed E-state index contributed by atoms with van der Waals surface area (Å²) in [6.07, 6.45) is 8.22. The summed E-state index contributed by atoms with van der Waals surface area (Å²) >= 11 is 1.62. The van der Waals surface area contributed by atoms with Crippen LogP contribution in [-0.4, -0.2) is 47.3 Å². The highest BCUT2D eigenvalue weighted by molar-refractivity contribution is 7.99. The van der Waals surface area contributed by atoms with Crippen LogP contribution in [0.5, 0.6) is 0 Å². The van der Waals surface area contributed by atoms with Crippen LogP contribution >= 0.6 is 11.8 Å². The number of carbonyl (C=O) groups is 1. The summed E-state index contributed by atoms with van der Waals surface area (Å²) in [6.45, 7) is 2.88. The second kappa shape index (κ2) is 12.4. The molecule has 0 saturated heterocycles. The zero-order valence-electron chi connectivity index (χ0n) is 19.8. The molecule has 3 N–H and O–H groups in total. The fourth-order valence-corrected chi connectivity index (χ4v) is 4.68. The summed E-state index contributed by atoms with van der Waals surface area (Å²) < 4.78 is 0. The predicted molar refractivity (Wildman–Crippen MR) is 138 cm³/mol. The van der Waals surface area contributed by atoms with Crippen molar-refractivity contribution in [3.05, 3.63) is 48.2 Å². The number of anilines is 2. The molecule has 176 valence electrons. The molecule has 1 aromatic carbocycles. The molecule has 0 bridgehead atoms. The number of rotatable bonds is 6. The monoisotopic (exact) mass is 466 g/mol. The lowest BCUT2D eigenvalue weighted by molar-refractivity contribution is 0.0940. The van der Waals surface area contributed by atoms with Crippen LogP contribution in [0, 0.1) is 5.92 Å². The molecule has 0 radical (unpaired) electrons. The molecule has 1 aliphatic rings. The fourth-order valence-electron chi connectivity index (χ4n) is 3.96. The van der Waals surface area contributed by atoms with Gasteiger partial charge in [0.05, 0.1) is 11.1 Å². The third-order valence-corrected chi connectivity index (χ3v) is 6.48. The molecule has 33 heavy (non-hydrogen) atoms. The number of para-hydroxylation sites is 1. The van der Waals surface area contributed by atoms with Crippen molar-refractivity contribution in [3.8, 4) is 0 Å². The molecule has 0 aliphatic heterocycles. The van der Waals surface area contributed by atoms with E-state index in [0.717, 1.165) is 34.0 Å². The van der Waals surface area contributed by atoms with E-state index in [0.29, 0.717) is 17.4 Å². The van der Waals surface area contributed by atoms with Crippen molar-refractivity contribution < 1.29 is 4.79 Å². The first-order valence-electron chi connectivity index (χ1n) is 11.5. The number of nitrogens with one attached hydrogen (secondary N) is 1. The number of hydrogen-bond acceptors (Lipinski definition) is 7. The van der Waals surface area contributed by atoms with Gasteiger partial charge in [0.2, 0.25) is 5.95 Å². The highest BCUT2D eigenvalue weighted by Crippen LogP contribution is 2.24. The number of thioether (sulfide) groups is 1. The number of amides is 1. The summed E-state index contributed by atoms with van der Waals surface area (Å²) in [5, 5.41) is 4.93. The lowest BCUT2D eigenvalue weighted by atomic mass is 9.89. The Hall–Kier alpha value is -2.87. The van der Waals surface area contributed by atoms with Crippen LogP contribution in [0.15, 0.2) is 47.6 Å². The Balaban J connectivity index is 0.000000194. The van der Waals surface area contributed by atoms with Gasteiger partial charge in [-0.15, -0.1) is 11.8 Å². The molecule has 0 spiro atoms. The number of nitrogens with zero attached hydrogens (tertiary/aromatic N) is 4. The number of carbonyl (C=O) groups excluding carboxylic acids is 1. The molecule has 1 aliphatic carbocycles. The number of benzene rings is 1. The molecule has 0 unspecified atom stereocenters. The molecule has 2 heterocycles. The van der Waals surface area contributed by atoms with Crippen molar-refractivity contribution in [2.75, 3.05) is 37.0 Å². The van der Waals surface area contributed by atoms with Gasteiger partial charge in [-0.25, -0.2) is 9.97 Å². The van der Waals surface area contributed by atoms with E-state index in [9.17, 15) is 4.79 Å². The number of fused-ring (bicyclic) bond motifs is 1. The molecule has 0 atom stereocenters. The average Bonchev–Trinajstić information content (AvgIpc) is 2.83. The van der Waals surface area contributed by atoms with E-state index in [1.165, 1.54) is 32.1 Å². The van der Waals surface area contributed by atoms with Crippen molar-refractivity contribution >= 4 is 40.3 Å². The van der Waals surface area contributed by atoms with E-state index in [1.807, 2.05) is 55.4 Å². The molecule has 1 fully saturated rings. The van der Waals surface area contributed by atoms with Crippen molar-refractivity contribution in [2.24, 2.45) is 5.92 Å². The van der Waals surface area contributed by atoms with E-state index in [-0.39, 0.29) is 5.91 Å². The third-order valence-electron chi connectivity index (χ3n) is 5.60. The standard InChI is InChI=1S/C15H22N2OS.C10H12N4/c1-2-19-15-13(9-6-10-16-15)14(18)17-11-12-7-4-3-5-8-12;1-14(2)9-7-5-3-4-6-8(7)12-10(11)13-9/h6,9-10,12H,2-5,7-8,11H2,1H3,(H,17,18);3-6H,1-2H3,(H2,11,12,13). The normalized spacial score (nSPS) is 13.8. The van der Waals surface area contributed by atoms with Crippen molar-refractivity contribution in [1.82, 2.24) is 20.3 Å². The van der Waals surface area contributed by atoms with Gasteiger partial charge < -0.3 is 16.0 Å². The number of pyridine rings is 1. The van der Waals surface area contributed by atoms with Crippen LogP contribution in [0.25, 0.3) is 10.9 Å². The Morgan fingerprint density at radius 1 is 1.12 bits per heavy atom. The molecule has 7 nitrogen and oxygen atoms in total. The predicted octanol–water partition coefficient (Wildman–Crippen LogP) is 4.78. The second-order valence-corrected chi connectivity index (χ2v) is 9.57. The largest absolute Gasteiger partial charge is 0.368 e. The van der Waals surface area contributed by atoms with Gasteiger partial charge in [0, 0.05) is 32.2 Å². The lowest BCUT2D eigenvalue weighted by Gasteiger charge is -2.21. The molecule has 2 aromatic heterocycles. The van der Waals surface area contributed by atoms with Crippen molar-refractivity contribution in [2.45, 2.75) is 44.1 Å². The molecule has 1 saturated carbocycles. The number of aromatic nitrogens is 3. The van der Waals surface area contributed by atoms with Gasteiger partial charge in [-0.3, -0.25) is 4.79 Å². The first kappa shape index (κ1) is 24.8. The van der Waals surface area contributed by atoms with Gasteiger partial charge in [0.1, 0.15) is 10.8 Å². The first-order valence-corrected chi connectivity index (χ1v) is 12.5. The maximum absolute atomic E-state index is 12.2. The maximum atomic E-state index is 12.2. The maximum Gasteiger partial charge on any atom is 0.254 e. The Morgan fingerprint density at radius 2 is 1.88 bits per heavy atom. The number of hydrogen-bond donors (Lipinski definition) is 2. The highest BCUT2D eigenvalue weighted by Gasteiger charge is 2.16.